The predicted molar refractivity (Wildman–Crippen MR) is 122 cm³/mol. The second-order valence-electron chi connectivity index (χ2n) is 6.95. The van der Waals surface area contributed by atoms with Gasteiger partial charge in [-0.15, -0.1) is 0 Å². The van der Waals surface area contributed by atoms with Gasteiger partial charge in [0.25, 0.3) is 0 Å². The van der Waals surface area contributed by atoms with E-state index in [-0.39, 0.29) is 5.95 Å². The van der Waals surface area contributed by atoms with E-state index in [2.05, 4.69) is 37.0 Å². The van der Waals surface area contributed by atoms with Crippen LogP contribution in [0.5, 0.6) is 0 Å². The van der Waals surface area contributed by atoms with E-state index >= 15 is 0 Å². The first-order valence-electron chi connectivity index (χ1n) is 9.95. The number of fused-ring (bicyclic) bond motifs is 1. The van der Waals surface area contributed by atoms with Crippen LogP contribution in [-0.4, -0.2) is 34.6 Å². The number of aromatic nitrogens is 3. The molecule has 0 unspecified atom stereocenters. The van der Waals surface area contributed by atoms with Crippen molar-refractivity contribution in [2.75, 3.05) is 24.2 Å². The molecule has 0 aliphatic rings. The molecule has 0 saturated heterocycles. The summed E-state index contributed by atoms with van der Waals surface area (Å²) in [6, 6.07) is 13.5. The summed E-state index contributed by atoms with van der Waals surface area (Å²) in [7, 11) is 1.69. The Bertz CT molecular complexity index is 1360. The molecule has 0 aliphatic carbocycles. The molecule has 2 amide bonds. The third-order valence-electron chi connectivity index (χ3n) is 4.90. The van der Waals surface area contributed by atoms with Gasteiger partial charge in [-0.05, 0) is 36.8 Å². The molecule has 0 bridgehead atoms. The van der Waals surface area contributed by atoms with Crippen LogP contribution in [0.4, 0.5) is 21.0 Å². The number of amides is 2. The van der Waals surface area contributed by atoms with Gasteiger partial charge in [-0.25, -0.2) is 19.2 Å². The van der Waals surface area contributed by atoms with Crippen LogP contribution in [0.2, 0.25) is 0 Å². The Balaban J connectivity index is 1.91. The first kappa shape index (κ1) is 20.8. The molecule has 4 rings (SSSR count). The lowest BCUT2D eigenvalue weighted by molar-refractivity contribution is 0.252. The largest absolute Gasteiger partial charge is 0.372 e. The highest BCUT2D eigenvalue weighted by atomic mass is 19.1. The number of nitriles is 1. The number of imidazole rings is 1. The number of pyridine rings is 1. The number of nitrogens with one attached hydrogen (secondary N) is 4. The van der Waals surface area contributed by atoms with Gasteiger partial charge >= 0.3 is 6.03 Å². The van der Waals surface area contributed by atoms with Crippen LogP contribution in [0, 0.1) is 17.1 Å². The number of rotatable bonds is 5. The lowest BCUT2D eigenvalue weighted by atomic mass is 9.97. The second kappa shape index (κ2) is 8.73. The lowest BCUT2D eigenvalue weighted by Gasteiger charge is -2.10. The maximum Gasteiger partial charge on any atom is 0.321 e. The number of aromatic amines is 1. The number of hydrogen-bond donors (Lipinski definition) is 4. The molecule has 0 fully saturated rings. The van der Waals surface area contributed by atoms with E-state index in [4.69, 9.17) is 0 Å². The molecule has 32 heavy (non-hydrogen) atoms. The van der Waals surface area contributed by atoms with Crippen LogP contribution < -0.4 is 16.0 Å². The SMILES string of the molecule is CCNC(=O)Nc1nc2c(-c3ccccc3F)cc(-c3cnc(NC)c(C#N)c3)cc2[nH]1. The molecule has 8 nitrogen and oxygen atoms in total. The fourth-order valence-corrected chi connectivity index (χ4v) is 3.45. The fourth-order valence-electron chi connectivity index (χ4n) is 3.45. The molecule has 0 atom stereocenters. The van der Waals surface area contributed by atoms with E-state index in [0.29, 0.717) is 45.6 Å². The van der Waals surface area contributed by atoms with Crippen molar-refractivity contribution in [3.63, 3.8) is 0 Å². The van der Waals surface area contributed by atoms with Gasteiger partial charge in [-0.1, -0.05) is 18.2 Å². The van der Waals surface area contributed by atoms with Crippen LogP contribution in [0.15, 0.2) is 48.7 Å². The van der Waals surface area contributed by atoms with Gasteiger partial charge in [-0.2, -0.15) is 5.26 Å². The smallest absolute Gasteiger partial charge is 0.321 e. The number of benzene rings is 2. The van der Waals surface area contributed by atoms with Crippen molar-refractivity contribution in [1.82, 2.24) is 20.3 Å². The van der Waals surface area contributed by atoms with Crippen molar-refractivity contribution in [3.8, 4) is 28.3 Å². The summed E-state index contributed by atoms with van der Waals surface area (Å²) < 4.78 is 14.7. The highest BCUT2D eigenvalue weighted by Crippen LogP contribution is 2.35. The maximum atomic E-state index is 14.7. The number of halogens is 1. The number of carbonyl (C=O) groups excluding carboxylic acids is 1. The Hall–Kier alpha value is -4.45. The molecular weight excluding hydrogens is 409 g/mol. The Morgan fingerprint density at radius 3 is 2.72 bits per heavy atom. The van der Waals surface area contributed by atoms with Crippen molar-refractivity contribution in [2.24, 2.45) is 0 Å². The zero-order chi connectivity index (χ0) is 22.7. The molecule has 0 saturated carbocycles. The van der Waals surface area contributed by atoms with Crippen LogP contribution in [-0.2, 0) is 0 Å². The Kier molecular flexibility index (Phi) is 5.68. The Labute approximate surface area is 183 Å². The minimum Gasteiger partial charge on any atom is -0.372 e. The highest BCUT2D eigenvalue weighted by Gasteiger charge is 2.16. The summed E-state index contributed by atoms with van der Waals surface area (Å²) in [6.07, 6.45) is 1.64. The highest BCUT2D eigenvalue weighted by molar-refractivity contribution is 5.98. The van der Waals surface area contributed by atoms with Gasteiger partial charge in [0.1, 0.15) is 17.7 Å². The van der Waals surface area contributed by atoms with Gasteiger partial charge in [0, 0.05) is 36.5 Å². The molecule has 0 spiro atoms. The van der Waals surface area contributed by atoms with Crippen molar-refractivity contribution < 1.29 is 9.18 Å². The van der Waals surface area contributed by atoms with E-state index in [9.17, 15) is 14.4 Å². The van der Waals surface area contributed by atoms with Gasteiger partial charge < -0.3 is 15.6 Å². The fraction of sp³-hybridized carbons (Fsp3) is 0.130. The molecule has 0 radical (unpaired) electrons. The molecule has 9 heteroatoms. The first-order valence-corrected chi connectivity index (χ1v) is 9.95. The van der Waals surface area contributed by atoms with Crippen molar-refractivity contribution in [3.05, 3.63) is 60.0 Å². The third-order valence-corrected chi connectivity index (χ3v) is 4.90. The zero-order valence-electron chi connectivity index (χ0n) is 17.5. The van der Waals surface area contributed by atoms with E-state index in [1.54, 1.807) is 43.6 Å². The normalized spacial score (nSPS) is 10.6. The minimum atomic E-state index is -0.398. The van der Waals surface area contributed by atoms with Crippen molar-refractivity contribution >= 4 is 28.8 Å². The Morgan fingerprint density at radius 2 is 2.00 bits per heavy atom. The van der Waals surface area contributed by atoms with Crippen LogP contribution in [0.25, 0.3) is 33.3 Å². The second-order valence-corrected chi connectivity index (χ2v) is 6.95. The van der Waals surface area contributed by atoms with Crippen molar-refractivity contribution in [2.45, 2.75) is 6.92 Å². The van der Waals surface area contributed by atoms with Crippen LogP contribution >= 0.6 is 0 Å². The first-order chi connectivity index (χ1) is 15.5. The molecular formula is C23H20FN7O. The van der Waals surface area contributed by atoms with Gasteiger partial charge in [0.2, 0.25) is 5.95 Å². The Morgan fingerprint density at radius 1 is 1.19 bits per heavy atom. The molecule has 0 aliphatic heterocycles. The van der Waals surface area contributed by atoms with E-state index < -0.39 is 11.8 Å². The van der Waals surface area contributed by atoms with Gasteiger partial charge in [0.05, 0.1) is 16.6 Å². The monoisotopic (exact) mass is 429 g/mol. The lowest BCUT2D eigenvalue weighted by Crippen LogP contribution is -2.28. The summed E-state index contributed by atoms with van der Waals surface area (Å²) in [4.78, 5) is 23.8. The molecule has 4 N–H and O–H groups in total. The molecule has 4 aromatic rings. The number of urea groups is 1. The third kappa shape index (κ3) is 3.94. The number of carbonyl (C=O) groups is 1. The number of hydrogen-bond acceptors (Lipinski definition) is 5. The zero-order valence-corrected chi connectivity index (χ0v) is 17.5. The average Bonchev–Trinajstić information content (AvgIpc) is 3.20. The molecule has 2 heterocycles. The van der Waals surface area contributed by atoms with Crippen LogP contribution in [0.3, 0.4) is 0 Å². The minimum absolute atomic E-state index is 0.238. The molecule has 2 aromatic carbocycles. The number of nitrogens with zero attached hydrogens (tertiary/aromatic N) is 3. The topological polar surface area (TPSA) is 119 Å². The average molecular weight is 429 g/mol. The molecule has 160 valence electrons. The van der Waals surface area contributed by atoms with E-state index in [1.807, 2.05) is 13.0 Å². The summed E-state index contributed by atoms with van der Waals surface area (Å²) in [5.41, 5.74) is 3.82. The quantitative estimate of drug-likeness (QED) is 0.373. The van der Waals surface area contributed by atoms with Crippen LogP contribution in [0.1, 0.15) is 12.5 Å². The summed E-state index contributed by atoms with van der Waals surface area (Å²) in [5.74, 6) is 0.317. The standard InChI is InChI=1S/C23H20FN7O/c1-3-27-23(32)31-22-29-19-10-13(15-8-14(11-25)21(26-2)28-12-15)9-17(20(19)30-22)16-6-4-5-7-18(16)24/h4-10,12H,3H2,1-2H3,(H,26,28)(H3,27,29,30,31,32). The van der Waals surface area contributed by atoms with E-state index in [1.165, 1.54) is 6.07 Å². The molecule has 2 aromatic heterocycles. The van der Waals surface area contributed by atoms with Gasteiger partial charge in [-0.3, -0.25) is 5.32 Å². The summed E-state index contributed by atoms with van der Waals surface area (Å²) >= 11 is 0. The van der Waals surface area contributed by atoms with Gasteiger partial charge in [0.15, 0.2) is 0 Å². The summed E-state index contributed by atoms with van der Waals surface area (Å²) in [5, 5.41) is 17.6. The van der Waals surface area contributed by atoms with Crippen molar-refractivity contribution in [1.29, 1.82) is 5.26 Å². The maximum absolute atomic E-state index is 14.7. The number of anilines is 2. The number of H-pyrrole nitrogens is 1. The predicted octanol–water partition coefficient (Wildman–Crippen LogP) is 4.49. The summed E-state index contributed by atoms with van der Waals surface area (Å²) in [6.45, 7) is 2.27. The van der Waals surface area contributed by atoms with E-state index in [0.717, 1.165) is 5.56 Å².